The molecule has 3 aromatic rings. The van der Waals surface area contributed by atoms with Crippen LogP contribution in [-0.4, -0.2) is 92.3 Å². The van der Waals surface area contributed by atoms with E-state index in [1.54, 1.807) is 18.3 Å². The second-order valence-corrected chi connectivity index (χ2v) is 11.7. The van der Waals surface area contributed by atoms with Crippen LogP contribution in [-0.2, 0) is 36.8 Å². The molecule has 5 atom stereocenters. The number of nitrogens with one attached hydrogen (secondary N) is 4. The fourth-order valence-electron chi connectivity index (χ4n) is 5.61. The van der Waals surface area contributed by atoms with Crippen molar-refractivity contribution in [2.24, 2.45) is 5.73 Å². The maximum Gasteiger partial charge on any atom is 0.248 e. The highest BCUT2D eigenvalue weighted by Gasteiger charge is 2.39. The van der Waals surface area contributed by atoms with E-state index in [1.165, 1.54) is 24.0 Å². The average Bonchev–Trinajstić information content (AvgIpc) is 3.45. The SMILES string of the molecule is CC(O)C(NC(=O)CCl)C(=O)N1CCCC[C@H]1C(=O)NC(Cc1c[nH]c2ccccc12)C(=O)NC(Cc1ccc(O)cc1)C(N)=O. The largest absolute Gasteiger partial charge is 0.508 e. The number of aliphatic hydroxyl groups is 1. The molecule has 0 spiro atoms. The van der Waals surface area contributed by atoms with Crippen molar-refractivity contribution in [3.63, 3.8) is 0 Å². The number of hydrogen-bond donors (Lipinski definition) is 7. The molecule has 1 aromatic heterocycles. The van der Waals surface area contributed by atoms with Crippen molar-refractivity contribution in [1.82, 2.24) is 25.8 Å². The number of halogens is 1. The fourth-order valence-corrected chi connectivity index (χ4v) is 5.68. The van der Waals surface area contributed by atoms with Crippen LogP contribution in [0.25, 0.3) is 10.9 Å². The molecular formula is C32H39ClN6O7. The monoisotopic (exact) mass is 654 g/mol. The third-order valence-corrected chi connectivity index (χ3v) is 8.29. The van der Waals surface area contributed by atoms with Crippen molar-refractivity contribution in [3.8, 4) is 5.75 Å². The van der Waals surface area contributed by atoms with E-state index in [4.69, 9.17) is 17.3 Å². The standard InChI is InChI=1S/C32H39ClN6O7/c1-18(40)28(38-27(42)16-33)32(46)39-13-5-4-8-26(39)31(45)37-25(15-20-17-35-23-7-3-2-6-22(20)23)30(44)36-24(29(34)43)14-19-9-11-21(41)12-10-19/h2-3,6-7,9-12,17-18,24-26,28,35,40-41H,4-5,8,13-16H2,1H3,(H2,34,43)(H,36,44)(H,37,45)(H,38,42)/t18?,24?,25?,26-,28?/m0/s1. The second-order valence-electron chi connectivity index (χ2n) is 11.4. The van der Waals surface area contributed by atoms with Gasteiger partial charge in [0, 0.05) is 36.5 Å². The Morgan fingerprint density at radius 3 is 2.39 bits per heavy atom. The first-order chi connectivity index (χ1) is 22.0. The van der Waals surface area contributed by atoms with Gasteiger partial charge in [0.1, 0.15) is 35.8 Å². The Morgan fingerprint density at radius 1 is 1.00 bits per heavy atom. The topological polar surface area (TPSA) is 207 Å². The molecule has 14 heteroatoms. The average molecular weight is 655 g/mol. The minimum Gasteiger partial charge on any atom is -0.508 e. The van der Waals surface area contributed by atoms with Gasteiger partial charge in [-0.2, -0.15) is 0 Å². The fraction of sp³-hybridized carbons (Fsp3) is 0.406. The summed E-state index contributed by atoms with van der Waals surface area (Å²) in [6, 6.07) is 8.98. The highest BCUT2D eigenvalue weighted by molar-refractivity contribution is 6.27. The third-order valence-electron chi connectivity index (χ3n) is 8.04. The van der Waals surface area contributed by atoms with Crippen molar-refractivity contribution < 1.29 is 34.2 Å². The van der Waals surface area contributed by atoms with Crippen LogP contribution in [0, 0.1) is 0 Å². The van der Waals surface area contributed by atoms with E-state index in [0.717, 1.165) is 16.5 Å². The Bertz CT molecular complexity index is 1560. The van der Waals surface area contributed by atoms with Crippen LogP contribution in [0.3, 0.4) is 0 Å². The molecule has 2 aromatic carbocycles. The van der Waals surface area contributed by atoms with Crippen molar-refractivity contribution >= 4 is 52.0 Å². The molecule has 4 unspecified atom stereocenters. The summed E-state index contributed by atoms with van der Waals surface area (Å²) in [4.78, 5) is 70.0. The number of alkyl halides is 1. The normalized spacial score (nSPS) is 17.4. The number of primary amides is 1. The van der Waals surface area contributed by atoms with Crippen LogP contribution in [0.5, 0.6) is 5.75 Å². The zero-order chi connectivity index (χ0) is 33.4. The van der Waals surface area contributed by atoms with Gasteiger partial charge in [-0.25, -0.2) is 0 Å². The number of rotatable bonds is 13. The van der Waals surface area contributed by atoms with E-state index in [-0.39, 0.29) is 25.1 Å². The van der Waals surface area contributed by atoms with Crippen LogP contribution in [0.2, 0.25) is 0 Å². The molecule has 1 saturated heterocycles. The number of hydrogen-bond acceptors (Lipinski definition) is 7. The highest BCUT2D eigenvalue weighted by Crippen LogP contribution is 2.22. The van der Waals surface area contributed by atoms with E-state index < -0.39 is 65.7 Å². The molecule has 246 valence electrons. The number of nitrogens with two attached hydrogens (primary N) is 1. The number of aromatic nitrogens is 1. The zero-order valence-corrected chi connectivity index (χ0v) is 26.1. The smallest absolute Gasteiger partial charge is 0.248 e. The first kappa shape index (κ1) is 34.3. The number of H-pyrrole nitrogens is 1. The molecular weight excluding hydrogens is 616 g/mol. The summed E-state index contributed by atoms with van der Waals surface area (Å²) >= 11 is 5.60. The Balaban J connectivity index is 1.59. The number of carbonyl (C=O) groups excluding carboxylic acids is 5. The Kier molecular flexibility index (Phi) is 11.6. The molecule has 0 saturated carbocycles. The molecule has 1 aliphatic rings. The van der Waals surface area contributed by atoms with Gasteiger partial charge < -0.3 is 41.8 Å². The molecule has 0 bridgehead atoms. The molecule has 46 heavy (non-hydrogen) atoms. The van der Waals surface area contributed by atoms with Crippen molar-refractivity contribution in [1.29, 1.82) is 0 Å². The number of phenolic OH excluding ortho intramolecular Hbond substituents is 1. The summed E-state index contributed by atoms with van der Waals surface area (Å²) in [7, 11) is 0. The number of aromatic hydroxyl groups is 1. The zero-order valence-electron chi connectivity index (χ0n) is 25.4. The highest BCUT2D eigenvalue weighted by atomic mass is 35.5. The lowest BCUT2D eigenvalue weighted by Crippen LogP contribution is -2.62. The second kappa shape index (κ2) is 15.6. The molecule has 1 fully saturated rings. The van der Waals surface area contributed by atoms with E-state index in [0.29, 0.717) is 24.8 Å². The molecule has 0 aliphatic carbocycles. The van der Waals surface area contributed by atoms with Gasteiger partial charge in [-0.15, -0.1) is 11.6 Å². The lowest BCUT2D eigenvalue weighted by atomic mass is 9.97. The number of benzene rings is 2. The summed E-state index contributed by atoms with van der Waals surface area (Å²) in [5, 5.41) is 28.6. The van der Waals surface area contributed by atoms with Crippen molar-refractivity contribution in [2.45, 2.75) is 69.3 Å². The van der Waals surface area contributed by atoms with Gasteiger partial charge in [-0.05, 0) is 55.5 Å². The van der Waals surface area contributed by atoms with E-state index in [9.17, 15) is 34.2 Å². The first-order valence-corrected chi connectivity index (χ1v) is 15.6. The third kappa shape index (κ3) is 8.55. The minimum absolute atomic E-state index is 0.0429. The summed E-state index contributed by atoms with van der Waals surface area (Å²) in [6.07, 6.45) is 2.10. The van der Waals surface area contributed by atoms with E-state index in [1.807, 2.05) is 24.3 Å². The molecule has 5 amide bonds. The number of carbonyl (C=O) groups is 5. The molecule has 1 aliphatic heterocycles. The van der Waals surface area contributed by atoms with Gasteiger partial charge in [0.2, 0.25) is 29.5 Å². The number of amides is 5. The maximum atomic E-state index is 13.9. The van der Waals surface area contributed by atoms with E-state index >= 15 is 0 Å². The number of likely N-dealkylation sites (tertiary alicyclic amines) is 1. The van der Waals surface area contributed by atoms with Crippen LogP contribution >= 0.6 is 11.6 Å². The van der Waals surface area contributed by atoms with Gasteiger partial charge in [0.05, 0.1) is 6.10 Å². The van der Waals surface area contributed by atoms with Crippen LogP contribution < -0.4 is 21.7 Å². The molecule has 13 nitrogen and oxygen atoms in total. The first-order valence-electron chi connectivity index (χ1n) is 15.0. The summed E-state index contributed by atoms with van der Waals surface area (Å²) in [5.41, 5.74) is 7.85. The Labute approximate surface area is 270 Å². The summed E-state index contributed by atoms with van der Waals surface area (Å²) in [5.74, 6) is -3.71. The van der Waals surface area contributed by atoms with Crippen LogP contribution in [0.1, 0.15) is 37.3 Å². The Hall–Kier alpha value is -4.62. The maximum absolute atomic E-state index is 13.9. The number of fused-ring (bicyclic) bond motifs is 1. The van der Waals surface area contributed by atoms with Crippen molar-refractivity contribution in [3.05, 3.63) is 65.9 Å². The number of nitrogens with zero attached hydrogens (tertiary/aromatic N) is 1. The molecule has 0 radical (unpaired) electrons. The molecule has 2 heterocycles. The van der Waals surface area contributed by atoms with Crippen LogP contribution in [0.15, 0.2) is 54.7 Å². The van der Waals surface area contributed by atoms with Crippen molar-refractivity contribution in [2.75, 3.05) is 12.4 Å². The quantitative estimate of drug-likeness (QED) is 0.131. The minimum atomic E-state index is -1.32. The van der Waals surface area contributed by atoms with Gasteiger partial charge in [-0.1, -0.05) is 30.3 Å². The lowest BCUT2D eigenvalue weighted by molar-refractivity contribution is -0.147. The van der Waals surface area contributed by atoms with E-state index in [2.05, 4.69) is 20.9 Å². The summed E-state index contributed by atoms with van der Waals surface area (Å²) in [6.45, 7) is 1.55. The predicted octanol–water partition coefficient (Wildman–Crippen LogP) is 0.599. The molecule has 8 N–H and O–H groups in total. The lowest BCUT2D eigenvalue weighted by Gasteiger charge is -2.38. The number of para-hydroxylation sites is 1. The number of aliphatic hydroxyl groups excluding tert-OH is 1. The van der Waals surface area contributed by atoms with Gasteiger partial charge in [0.25, 0.3) is 0 Å². The van der Waals surface area contributed by atoms with Crippen LogP contribution in [0.4, 0.5) is 0 Å². The number of piperidine rings is 1. The molecule has 4 rings (SSSR count). The van der Waals surface area contributed by atoms with Gasteiger partial charge >= 0.3 is 0 Å². The van der Waals surface area contributed by atoms with Gasteiger partial charge in [-0.3, -0.25) is 24.0 Å². The number of phenols is 1. The number of aromatic amines is 1. The Morgan fingerprint density at radius 2 is 1.72 bits per heavy atom. The summed E-state index contributed by atoms with van der Waals surface area (Å²) < 4.78 is 0. The van der Waals surface area contributed by atoms with Gasteiger partial charge in [0.15, 0.2) is 0 Å². The predicted molar refractivity (Wildman–Crippen MR) is 171 cm³/mol.